The lowest BCUT2D eigenvalue weighted by Gasteiger charge is -2.56. The molecule has 2 aliphatic heterocycles. The molecule has 1 saturated carbocycles. The molecule has 7 atom stereocenters. The summed E-state index contributed by atoms with van der Waals surface area (Å²) in [7, 11) is 1.49. The Morgan fingerprint density at radius 3 is 2.61 bits per heavy atom. The summed E-state index contributed by atoms with van der Waals surface area (Å²) in [6.07, 6.45) is 1.33. The van der Waals surface area contributed by atoms with E-state index in [4.69, 9.17) is 14.2 Å². The second kappa shape index (κ2) is 9.91. The van der Waals surface area contributed by atoms with Crippen molar-refractivity contribution in [3.63, 3.8) is 0 Å². The number of nitrogens with zero attached hydrogens (tertiary/aromatic N) is 1. The first-order valence-electron chi connectivity index (χ1n) is 14.4. The second-order valence-corrected chi connectivity index (χ2v) is 12.6. The molecule has 2 fully saturated rings. The van der Waals surface area contributed by atoms with E-state index in [1.54, 1.807) is 6.20 Å². The van der Waals surface area contributed by atoms with E-state index in [9.17, 15) is 24.3 Å². The van der Waals surface area contributed by atoms with Crippen molar-refractivity contribution in [3.05, 3.63) is 58.3 Å². The van der Waals surface area contributed by atoms with E-state index in [0.717, 1.165) is 12.0 Å². The number of hydrogen-bond acceptors (Lipinski definition) is 9. The molecule has 41 heavy (non-hydrogen) atoms. The standard InChI is InChI=1S/C32H37NO8/c1-17(34)40-22-13-31(2)21(9-10-23(31)35)25-27(22)32(3)24(16-39-4)41-30(38)20(26(32)29(37)28(25)36)15-33-12-11-18-7-5-6-8-19(18)14-33/h5-8,15,21-24,26,35H,9-14,16H2,1-4H3/t21?,22-,23+,24-,26?,31+,32+/m1/s1. The molecule has 1 saturated heterocycles. The van der Waals surface area contributed by atoms with Gasteiger partial charge in [0.2, 0.25) is 11.6 Å². The highest BCUT2D eigenvalue weighted by Crippen LogP contribution is 2.63. The first-order valence-corrected chi connectivity index (χ1v) is 14.4. The van der Waals surface area contributed by atoms with Crippen LogP contribution in [0.3, 0.4) is 0 Å². The highest BCUT2D eigenvalue weighted by molar-refractivity contribution is 6.47. The van der Waals surface area contributed by atoms with Crippen LogP contribution >= 0.6 is 0 Å². The van der Waals surface area contributed by atoms with Gasteiger partial charge in [-0.1, -0.05) is 38.1 Å². The number of aliphatic hydroxyl groups is 1. The molecule has 2 heterocycles. The van der Waals surface area contributed by atoms with E-state index in [1.807, 2.05) is 36.9 Å². The Bertz CT molecular complexity index is 1400. The largest absolute Gasteiger partial charge is 0.458 e. The molecule has 1 aromatic rings. The van der Waals surface area contributed by atoms with Crippen LogP contribution in [0.5, 0.6) is 0 Å². The number of ether oxygens (including phenoxy) is 3. The van der Waals surface area contributed by atoms with Crippen molar-refractivity contribution in [2.45, 2.75) is 71.3 Å². The van der Waals surface area contributed by atoms with Crippen molar-refractivity contribution in [2.75, 3.05) is 20.3 Å². The molecule has 0 spiro atoms. The van der Waals surface area contributed by atoms with Gasteiger partial charge in [-0.2, -0.15) is 0 Å². The number of esters is 2. The van der Waals surface area contributed by atoms with Gasteiger partial charge in [0.15, 0.2) is 0 Å². The van der Waals surface area contributed by atoms with Gasteiger partial charge in [-0.05, 0) is 48.3 Å². The van der Waals surface area contributed by atoms with Crippen LogP contribution in [0.25, 0.3) is 0 Å². The summed E-state index contributed by atoms with van der Waals surface area (Å²) in [6, 6.07) is 8.11. The summed E-state index contributed by atoms with van der Waals surface area (Å²) in [4.78, 5) is 56.2. The fourth-order valence-electron chi connectivity index (χ4n) is 8.31. The Balaban J connectivity index is 1.52. The number of fused-ring (bicyclic) bond motifs is 5. The number of aliphatic hydroxyl groups excluding tert-OH is 1. The lowest BCUT2D eigenvalue weighted by molar-refractivity contribution is -0.175. The van der Waals surface area contributed by atoms with Crippen LogP contribution in [0.15, 0.2) is 47.2 Å². The van der Waals surface area contributed by atoms with Gasteiger partial charge in [-0.15, -0.1) is 0 Å². The number of hydrogen-bond donors (Lipinski definition) is 1. The summed E-state index contributed by atoms with van der Waals surface area (Å²) < 4.78 is 17.4. The molecule has 5 aliphatic rings. The number of benzene rings is 1. The average molecular weight is 564 g/mol. The number of cyclic esters (lactones) is 1. The summed E-state index contributed by atoms with van der Waals surface area (Å²) in [5, 5.41) is 11.0. The summed E-state index contributed by atoms with van der Waals surface area (Å²) in [5.41, 5.74) is 1.42. The Kier molecular flexibility index (Phi) is 6.73. The maximum absolute atomic E-state index is 14.2. The van der Waals surface area contributed by atoms with Gasteiger partial charge in [0.05, 0.1) is 24.2 Å². The molecule has 1 N–H and O–H groups in total. The van der Waals surface area contributed by atoms with Crippen molar-refractivity contribution in [1.82, 2.24) is 4.90 Å². The van der Waals surface area contributed by atoms with Crippen molar-refractivity contribution in [3.8, 4) is 0 Å². The highest BCUT2D eigenvalue weighted by atomic mass is 16.6. The van der Waals surface area contributed by atoms with E-state index >= 15 is 0 Å². The van der Waals surface area contributed by atoms with E-state index in [2.05, 4.69) is 6.07 Å². The Labute approximate surface area is 239 Å². The fourth-order valence-corrected chi connectivity index (χ4v) is 8.31. The van der Waals surface area contributed by atoms with Crippen molar-refractivity contribution in [1.29, 1.82) is 0 Å². The van der Waals surface area contributed by atoms with Crippen LogP contribution in [-0.4, -0.2) is 72.1 Å². The summed E-state index contributed by atoms with van der Waals surface area (Å²) >= 11 is 0. The van der Waals surface area contributed by atoms with Gasteiger partial charge in [-0.3, -0.25) is 14.4 Å². The SMILES string of the molecule is COC[C@H]1OC(=O)C(=CN2CCc3ccccc3C2)C2C(=O)C(=O)C3=C([C@H](OC(C)=O)C[C@@]4(C)C3CC[C@@H]4O)[C@]21C. The van der Waals surface area contributed by atoms with Crippen LogP contribution in [-0.2, 0) is 46.4 Å². The third-order valence-corrected chi connectivity index (χ3v) is 10.4. The smallest absolute Gasteiger partial charge is 0.336 e. The molecule has 218 valence electrons. The third kappa shape index (κ3) is 4.11. The Morgan fingerprint density at radius 1 is 1.17 bits per heavy atom. The molecule has 0 aromatic heterocycles. The van der Waals surface area contributed by atoms with Crippen LogP contribution in [0.2, 0.25) is 0 Å². The van der Waals surface area contributed by atoms with Gasteiger partial charge in [-0.25, -0.2) is 4.79 Å². The lowest BCUT2D eigenvalue weighted by atomic mass is 9.50. The van der Waals surface area contributed by atoms with E-state index in [-0.39, 0.29) is 18.1 Å². The first kappa shape index (κ1) is 27.8. The molecule has 9 nitrogen and oxygen atoms in total. The van der Waals surface area contributed by atoms with E-state index in [1.165, 1.54) is 19.6 Å². The highest BCUT2D eigenvalue weighted by Gasteiger charge is 2.67. The predicted molar refractivity (Wildman–Crippen MR) is 146 cm³/mol. The molecular weight excluding hydrogens is 526 g/mol. The molecule has 6 rings (SSSR count). The molecule has 1 aromatic carbocycles. The average Bonchev–Trinajstić information content (AvgIpc) is 3.22. The molecule has 0 radical (unpaired) electrons. The molecular formula is C32H37NO8. The van der Waals surface area contributed by atoms with E-state index in [0.29, 0.717) is 43.5 Å². The predicted octanol–water partition coefficient (Wildman–Crippen LogP) is 2.68. The van der Waals surface area contributed by atoms with Gasteiger partial charge < -0.3 is 24.2 Å². The zero-order chi connectivity index (χ0) is 29.3. The lowest BCUT2D eigenvalue weighted by Crippen LogP contribution is -2.63. The van der Waals surface area contributed by atoms with Gasteiger partial charge in [0.25, 0.3) is 0 Å². The molecule has 0 amide bonds. The van der Waals surface area contributed by atoms with Crippen LogP contribution in [0, 0.1) is 22.7 Å². The Morgan fingerprint density at radius 2 is 1.90 bits per heavy atom. The Hall–Kier alpha value is -3.30. The van der Waals surface area contributed by atoms with Crippen molar-refractivity contribution >= 4 is 23.5 Å². The zero-order valence-corrected chi connectivity index (χ0v) is 24.0. The molecule has 3 aliphatic carbocycles. The first-order chi connectivity index (χ1) is 19.5. The normalized spacial score (nSPS) is 37.3. The number of methoxy groups -OCH3 is 1. The molecule has 9 heteroatoms. The fraction of sp³-hybridized carbons (Fsp3) is 0.562. The number of ketones is 2. The number of allylic oxidation sites excluding steroid dienone is 1. The van der Waals surface area contributed by atoms with Gasteiger partial charge in [0.1, 0.15) is 12.2 Å². The van der Waals surface area contributed by atoms with Crippen LogP contribution in [0.4, 0.5) is 0 Å². The minimum Gasteiger partial charge on any atom is -0.458 e. The zero-order valence-electron chi connectivity index (χ0n) is 24.0. The number of Topliss-reactive ketones (excluding diaryl/α,β-unsaturated/α-hetero) is 2. The number of carbonyl (C=O) groups excluding carboxylic acids is 4. The van der Waals surface area contributed by atoms with Gasteiger partial charge >= 0.3 is 11.9 Å². The summed E-state index contributed by atoms with van der Waals surface area (Å²) in [5.74, 6) is -4.01. The monoisotopic (exact) mass is 563 g/mol. The van der Waals surface area contributed by atoms with Crippen LogP contribution in [0.1, 0.15) is 51.2 Å². The minimum atomic E-state index is -1.20. The number of rotatable bonds is 4. The van der Waals surface area contributed by atoms with Crippen molar-refractivity contribution < 1.29 is 38.5 Å². The molecule has 2 unspecified atom stereocenters. The summed E-state index contributed by atoms with van der Waals surface area (Å²) in [6.45, 7) is 6.23. The molecule has 0 bridgehead atoms. The van der Waals surface area contributed by atoms with Crippen LogP contribution < -0.4 is 0 Å². The maximum Gasteiger partial charge on any atom is 0.336 e. The second-order valence-electron chi connectivity index (χ2n) is 12.6. The maximum atomic E-state index is 14.2. The number of carbonyl (C=O) groups is 4. The topological polar surface area (TPSA) is 119 Å². The third-order valence-electron chi connectivity index (χ3n) is 10.4. The van der Waals surface area contributed by atoms with E-state index < -0.39 is 58.6 Å². The van der Waals surface area contributed by atoms with Gasteiger partial charge in [0, 0.05) is 49.7 Å². The minimum absolute atomic E-state index is 0.00128. The quantitative estimate of drug-likeness (QED) is 0.335. The van der Waals surface area contributed by atoms with Crippen molar-refractivity contribution in [2.24, 2.45) is 22.7 Å².